The average Bonchev–Trinajstić information content (AvgIpc) is 3.50. The summed E-state index contributed by atoms with van der Waals surface area (Å²) in [5, 5.41) is 13.5. The number of hydrogen-bond acceptors (Lipinski definition) is 5. The lowest BCUT2D eigenvalue weighted by Gasteiger charge is -2.26. The fraction of sp³-hybridized carbons (Fsp3) is 0.577. The number of aromatic nitrogens is 2. The van der Waals surface area contributed by atoms with Crippen LogP contribution < -0.4 is 10.6 Å². The average molecular weight is 471 g/mol. The number of amides is 1. The van der Waals surface area contributed by atoms with E-state index < -0.39 is 0 Å². The fourth-order valence-electron chi connectivity index (χ4n) is 5.30. The predicted molar refractivity (Wildman–Crippen MR) is 129 cm³/mol. The molecule has 3 N–H and O–H groups in total. The maximum absolute atomic E-state index is 14.9. The van der Waals surface area contributed by atoms with Crippen molar-refractivity contribution in [2.45, 2.75) is 89.7 Å². The van der Waals surface area contributed by atoms with Crippen LogP contribution >= 0.6 is 0 Å². The van der Waals surface area contributed by atoms with E-state index in [1.807, 2.05) is 26.0 Å². The van der Waals surface area contributed by atoms with E-state index >= 15 is 0 Å². The zero-order valence-electron chi connectivity index (χ0n) is 20.0. The van der Waals surface area contributed by atoms with Crippen molar-refractivity contribution in [2.75, 3.05) is 5.32 Å². The smallest absolute Gasteiger partial charge is 0.407 e. The number of halogens is 1. The summed E-state index contributed by atoms with van der Waals surface area (Å²) in [5.74, 6) is 0.696. The van der Waals surface area contributed by atoms with Gasteiger partial charge < -0.3 is 20.2 Å². The van der Waals surface area contributed by atoms with Crippen molar-refractivity contribution in [2.24, 2.45) is 5.92 Å². The molecule has 2 unspecified atom stereocenters. The van der Waals surface area contributed by atoms with Gasteiger partial charge in [0.15, 0.2) is 5.82 Å². The Balaban J connectivity index is 1.29. The SMILES string of the molecule is CCc1ccc(Nc2cc(C3CCC(OC(=O)NC4CCC(C=O)CC4)C3)[nH]n2)c(F)c1CC. The Bertz CT molecular complexity index is 1000. The van der Waals surface area contributed by atoms with E-state index in [1.165, 1.54) is 0 Å². The van der Waals surface area contributed by atoms with Crippen LogP contribution in [0.1, 0.15) is 81.5 Å². The zero-order valence-corrected chi connectivity index (χ0v) is 20.0. The molecular formula is C26H35FN4O3. The van der Waals surface area contributed by atoms with Crippen LogP contribution in [0.3, 0.4) is 0 Å². The van der Waals surface area contributed by atoms with Gasteiger partial charge in [0.2, 0.25) is 0 Å². The van der Waals surface area contributed by atoms with Crippen LogP contribution in [0.4, 0.5) is 20.7 Å². The molecule has 0 radical (unpaired) electrons. The van der Waals surface area contributed by atoms with Crippen molar-refractivity contribution >= 4 is 23.9 Å². The number of hydrogen-bond donors (Lipinski definition) is 3. The first-order valence-corrected chi connectivity index (χ1v) is 12.6. The lowest BCUT2D eigenvalue weighted by Crippen LogP contribution is -2.39. The highest BCUT2D eigenvalue weighted by Gasteiger charge is 2.31. The van der Waals surface area contributed by atoms with Crippen molar-refractivity contribution in [1.82, 2.24) is 15.5 Å². The summed E-state index contributed by atoms with van der Waals surface area (Å²) in [5.41, 5.74) is 3.16. The Morgan fingerprint density at radius 2 is 1.97 bits per heavy atom. The van der Waals surface area contributed by atoms with E-state index in [0.29, 0.717) is 17.9 Å². The van der Waals surface area contributed by atoms with Crippen molar-refractivity contribution in [3.05, 3.63) is 40.8 Å². The fourth-order valence-corrected chi connectivity index (χ4v) is 5.30. The Morgan fingerprint density at radius 3 is 2.68 bits per heavy atom. The molecule has 1 aromatic heterocycles. The first-order chi connectivity index (χ1) is 16.5. The molecule has 0 saturated heterocycles. The second-order valence-corrected chi connectivity index (χ2v) is 9.53. The Hall–Kier alpha value is -2.90. The molecule has 0 bridgehead atoms. The molecule has 0 aliphatic heterocycles. The number of nitrogens with one attached hydrogen (secondary N) is 3. The van der Waals surface area contributed by atoms with Gasteiger partial charge in [-0.1, -0.05) is 19.9 Å². The minimum Gasteiger partial charge on any atom is -0.446 e. The van der Waals surface area contributed by atoms with Crippen molar-refractivity contribution in [1.29, 1.82) is 0 Å². The number of nitrogens with zero attached hydrogens (tertiary/aromatic N) is 1. The minimum absolute atomic E-state index is 0.0853. The number of alkyl carbamates (subject to hydrolysis) is 1. The monoisotopic (exact) mass is 470 g/mol. The van der Waals surface area contributed by atoms with Crippen molar-refractivity contribution < 1.29 is 18.7 Å². The molecule has 2 fully saturated rings. The molecular weight excluding hydrogens is 435 g/mol. The number of aldehydes is 1. The lowest BCUT2D eigenvalue weighted by atomic mass is 9.87. The highest BCUT2D eigenvalue weighted by Crippen LogP contribution is 2.36. The molecule has 8 heteroatoms. The normalized spacial score (nSPS) is 24.6. The number of anilines is 2. The molecule has 0 spiro atoms. The molecule has 2 aliphatic carbocycles. The van der Waals surface area contributed by atoms with Gasteiger partial charge in [-0.2, -0.15) is 5.10 Å². The van der Waals surface area contributed by atoms with E-state index in [0.717, 1.165) is 74.5 Å². The lowest BCUT2D eigenvalue weighted by molar-refractivity contribution is -0.111. The number of benzene rings is 1. The summed E-state index contributed by atoms with van der Waals surface area (Å²) in [6.07, 6.45) is 7.65. The van der Waals surface area contributed by atoms with Crippen LogP contribution in [0.25, 0.3) is 0 Å². The van der Waals surface area contributed by atoms with Gasteiger partial charge in [0.25, 0.3) is 0 Å². The van der Waals surface area contributed by atoms with E-state index in [1.54, 1.807) is 6.07 Å². The molecule has 2 aliphatic rings. The summed E-state index contributed by atoms with van der Waals surface area (Å²) in [4.78, 5) is 23.2. The Kier molecular flexibility index (Phi) is 7.85. The Morgan fingerprint density at radius 1 is 1.18 bits per heavy atom. The summed E-state index contributed by atoms with van der Waals surface area (Å²) in [7, 11) is 0. The third-order valence-corrected chi connectivity index (χ3v) is 7.32. The van der Waals surface area contributed by atoms with Gasteiger partial charge >= 0.3 is 6.09 Å². The maximum atomic E-state index is 14.9. The number of aromatic amines is 1. The van der Waals surface area contributed by atoms with E-state index in [2.05, 4.69) is 20.8 Å². The van der Waals surface area contributed by atoms with Crippen LogP contribution in [0, 0.1) is 11.7 Å². The van der Waals surface area contributed by atoms with Crippen LogP contribution in [-0.4, -0.2) is 34.7 Å². The van der Waals surface area contributed by atoms with Gasteiger partial charge in [-0.3, -0.25) is 5.10 Å². The molecule has 34 heavy (non-hydrogen) atoms. The largest absolute Gasteiger partial charge is 0.446 e. The van der Waals surface area contributed by atoms with Crippen molar-refractivity contribution in [3.63, 3.8) is 0 Å². The third kappa shape index (κ3) is 5.59. The summed E-state index contributed by atoms with van der Waals surface area (Å²) < 4.78 is 20.6. The number of aryl methyl sites for hydroxylation is 1. The second kappa shape index (κ2) is 11.0. The molecule has 184 valence electrons. The van der Waals surface area contributed by atoms with E-state index in [-0.39, 0.29) is 35.9 Å². The molecule has 2 saturated carbocycles. The molecule has 1 aromatic carbocycles. The number of carbonyl (C=O) groups excluding carboxylic acids is 2. The predicted octanol–water partition coefficient (Wildman–Crippen LogP) is 5.54. The molecule has 1 amide bonds. The van der Waals surface area contributed by atoms with E-state index in [9.17, 15) is 14.0 Å². The highest BCUT2D eigenvalue weighted by molar-refractivity contribution is 5.68. The van der Waals surface area contributed by atoms with Gasteiger partial charge in [0.1, 0.15) is 18.2 Å². The highest BCUT2D eigenvalue weighted by atomic mass is 19.1. The third-order valence-electron chi connectivity index (χ3n) is 7.32. The minimum atomic E-state index is -0.370. The quantitative estimate of drug-likeness (QED) is 0.441. The number of rotatable bonds is 8. The van der Waals surface area contributed by atoms with Crippen LogP contribution in [0.15, 0.2) is 18.2 Å². The van der Waals surface area contributed by atoms with Crippen LogP contribution in [0.2, 0.25) is 0 Å². The Labute approximate surface area is 200 Å². The van der Waals surface area contributed by atoms with Gasteiger partial charge in [0.05, 0.1) is 5.69 Å². The number of carbonyl (C=O) groups is 2. The van der Waals surface area contributed by atoms with Gasteiger partial charge in [0, 0.05) is 29.6 Å². The first-order valence-electron chi connectivity index (χ1n) is 12.6. The molecule has 7 nitrogen and oxygen atoms in total. The summed E-state index contributed by atoms with van der Waals surface area (Å²) >= 11 is 0. The molecule has 2 aromatic rings. The number of H-pyrrole nitrogens is 1. The second-order valence-electron chi connectivity index (χ2n) is 9.53. The van der Waals surface area contributed by atoms with Crippen LogP contribution in [0.5, 0.6) is 0 Å². The summed E-state index contributed by atoms with van der Waals surface area (Å²) in [6, 6.07) is 5.74. The standard InChI is InChI=1S/C26H35FN4O3/c1-3-17-8-12-22(25(27)21(17)4-2)29-24-14-23(30-31-24)18-7-11-20(13-18)34-26(33)28-19-9-5-16(15-32)6-10-19/h8,12,14-16,18-20H,3-7,9-11,13H2,1-2H3,(H,28,33)(H2,29,30,31). The molecule has 2 atom stereocenters. The molecule has 4 rings (SSSR count). The topological polar surface area (TPSA) is 96.1 Å². The molecule has 1 heterocycles. The van der Waals surface area contributed by atoms with E-state index in [4.69, 9.17) is 4.74 Å². The van der Waals surface area contributed by atoms with Gasteiger partial charge in [-0.15, -0.1) is 0 Å². The van der Waals surface area contributed by atoms with Gasteiger partial charge in [-0.05, 0) is 75.0 Å². The van der Waals surface area contributed by atoms with Gasteiger partial charge in [-0.25, -0.2) is 9.18 Å². The zero-order chi connectivity index (χ0) is 24.1. The first kappa shape index (κ1) is 24.2. The summed E-state index contributed by atoms with van der Waals surface area (Å²) in [6.45, 7) is 3.99. The number of ether oxygens (including phenoxy) is 1. The van der Waals surface area contributed by atoms with Crippen LogP contribution in [-0.2, 0) is 22.4 Å². The maximum Gasteiger partial charge on any atom is 0.407 e. The van der Waals surface area contributed by atoms with Crippen molar-refractivity contribution in [3.8, 4) is 0 Å².